The van der Waals surface area contributed by atoms with Crippen LogP contribution in [0.25, 0.3) is 0 Å². The number of hydrogen-bond acceptors (Lipinski definition) is 3. The van der Waals surface area contributed by atoms with E-state index in [1.54, 1.807) is 0 Å². The molecule has 2 rings (SSSR count). The van der Waals surface area contributed by atoms with Crippen molar-refractivity contribution in [2.45, 2.75) is 51.0 Å². The first kappa shape index (κ1) is 12.7. The molecule has 1 saturated heterocycles. The number of hydrogen-bond donors (Lipinski definition) is 1. The Hall–Kier alpha value is 0.270. The van der Waals surface area contributed by atoms with Crippen molar-refractivity contribution in [1.29, 1.82) is 0 Å². The van der Waals surface area contributed by atoms with Crippen LogP contribution in [0, 0.1) is 5.41 Å². The highest BCUT2D eigenvalue weighted by Gasteiger charge is 2.32. The molecule has 1 aliphatic heterocycles. The number of thiol groups is 1. The van der Waals surface area contributed by atoms with Crippen molar-refractivity contribution in [1.82, 2.24) is 0 Å². The maximum atomic E-state index is 5.88. The van der Waals surface area contributed by atoms with Crippen LogP contribution < -0.4 is 0 Å². The summed E-state index contributed by atoms with van der Waals surface area (Å²) in [6.45, 7) is 2.59. The Morgan fingerprint density at radius 3 is 2.62 bits per heavy atom. The lowest BCUT2D eigenvalue weighted by Gasteiger charge is -2.28. The molecular formula is C13H24O2S. The topological polar surface area (TPSA) is 18.5 Å². The standard InChI is InChI=1S/C13H24O2S/c16-11-13(6-2-3-7-13)10-14-9-12-5-1-4-8-15-12/h12,16H,1-11H2. The lowest BCUT2D eigenvalue weighted by atomic mass is 9.90. The SMILES string of the molecule is SCC1(COCC2CCCCO2)CCCC1. The van der Waals surface area contributed by atoms with Crippen molar-refractivity contribution < 1.29 is 9.47 Å². The van der Waals surface area contributed by atoms with E-state index in [-0.39, 0.29) is 0 Å². The average Bonchev–Trinajstić information content (AvgIpc) is 2.80. The van der Waals surface area contributed by atoms with Gasteiger partial charge in [-0.3, -0.25) is 0 Å². The summed E-state index contributed by atoms with van der Waals surface area (Å²) in [5, 5.41) is 0. The molecular weight excluding hydrogens is 220 g/mol. The van der Waals surface area contributed by atoms with Crippen LogP contribution in [0.4, 0.5) is 0 Å². The fourth-order valence-electron chi connectivity index (χ4n) is 2.82. The van der Waals surface area contributed by atoms with Crippen LogP contribution in [0.1, 0.15) is 44.9 Å². The van der Waals surface area contributed by atoms with E-state index >= 15 is 0 Å². The van der Waals surface area contributed by atoms with Gasteiger partial charge in [0.05, 0.1) is 19.3 Å². The van der Waals surface area contributed by atoms with E-state index < -0.39 is 0 Å². The van der Waals surface area contributed by atoms with E-state index in [4.69, 9.17) is 9.47 Å². The molecule has 94 valence electrons. The first-order valence-corrected chi connectivity index (χ1v) is 7.28. The summed E-state index contributed by atoms with van der Waals surface area (Å²) in [7, 11) is 0. The van der Waals surface area contributed by atoms with Gasteiger partial charge in [-0.1, -0.05) is 12.8 Å². The first-order chi connectivity index (χ1) is 7.85. The molecule has 2 fully saturated rings. The van der Waals surface area contributed by atoms with Gasteiger partial charge in [-0.2, -0.15) is 12.6 Å². The van der Waals surface area contributed by atoms with Gasteiger partial charge in [-0.15, -0.1) is 0 Å². The molecule has 0 spiro atoms. The highest BCUT2D eigenvalue weighted by Crippen LogP contribution is 2.39. The van der Waals surface area contributed by atoms with Crippen LogP contribution in [0.2, 0.25) is 0 Å². The van der Waals surface area contributed by atoms with E-state index in [2.05, 4.69) is 12.6 Å². The van der Waals surface area contributed by atoms with E-state index in [9.17, 15) is 0 Å². The van der Waals surface area contributed by atoms with Crippen molar-refractivity contribution in [3.05, 3.63) is 0 Å². The summed E-state index contributed by atoms with van der Waals surface area (Å²) in [6, 6.07) is 0. The van der Waals surface area contributed by atoms with Crippen LogP contribution in [0.15, 0.2) is 0 Å². The lowest BCUT2D eigenvalue weighted by Crippen LogP contribution is -2.30. The van der Waals surface area contributed by atoms with Gasteiger partial charge in [-0.05, 0) is 37.9 Å². The van der Waals surface area contributed by atoms with E-state index in [1.807, 2.05) is 0 Å². The second-order valence-corrected chi connectivity index (χ2v) is 5.69. The van der Waals surface area contributed by atoms with Crippen molar-refractivity contribution in [3.8, 4) is 0 Å². The van der Waals surface area contributed by atoms with Gasteiger partial charge >= 0.3 is 0 Å². The second-order valence-electron chi connectivity index (χ2n) is 5.37. The Labute approximate surface area is 104 Å². The van der Waals surface area contributed by atoms with Crippen molar-refractivity contribution in [2.75, 3.05) is 25.6 Å². The molecule has 2 aliphatic rings. The second kappa shape index (κ2) is 6.27. The molecule has 0 radical (unpaired) electrons. The van der Waals surface area contributed by atoms with Crippen LogP contribution in [-0.2, 0) is 9.47 Å². The molecule has 3 heteroatoms. The summed E-state index contributed by atoms with van der Waals surface area (Å²) in [5.41, 5.74) is 0.373. The maximum absolute atomic E-state index is 5.88. The van der Waals surface area contributed by atoms with Crippen molar-refractivity contribution >= 4 is 12.6 Å². The highest BCUT2D eigenvalue weighted by molar-refractivity contribution is 7.80. The molecule has 0 aromatic heterocycles. The lowest BCUT2D eigenvalue weighted by molar-refractivity contribution is -0.0554. The van der Waals surface area contributed by atoms with Gasteiger partial charge in [0.25, 0.3) is 0 Å². The minimum Gasteiger partial charge on any atom is -0.378 e. The fourth-order valence-corrected chi connectivity index (χ4v) is 3.23. The quantitative estimate of drug-likeness (QED) is 0.749. The van der Waals surface area contributed by atoms with E-state index in [0.29, 0.717) is 11.5 Å². The fraction of sp³-hybridized carbons (Fsp3) is 1.00. The zero-order valence-electron chi connectivity index (χ0n) is 10.1. The Bertz CT molecular complexity index is 196. The largest absolute Gasteiger partial charge is 0.378 e. The molecule has 0 N–H and O–H groups in total. The zero-order chi connectivity index (χ0) is 11.3. The van der Waals surface area contributed by atoms with E-state index in [1.165, 1.54) is 44.9 Å². The van der Waals surface area contributed by atoms with Gasteiger partial charge in [0.2, 0.25) is 0 Å². The monoisotopic (exact) mass is 244 g/mol. The van der Waals surface area contributed by atoms with Crippen molar-refractivity contribution in [2.24, 2.45) is 5.41 Å². The normalized spacial score (nSPS) is 29.4. The minimum absolute atomic E-state index is 0.354. The van der Waals surface area contributed by atoms with Gasteiger partial charge in [0.15, 0.2) is 0 Å². The number of ether oxygens (including phenoxy) is 2. The predicted octanol–water partition coefficient (Wildman–Crippen LogP) is 3.06. The smallest absolute Gasteiger partial charge is 0.0808 e. The molecule has 1 atom stereocenters. The Kier molecular flexibility index (Phi) is 4.98. The molecule has 1 saturated carbocycles. The Balaban J connectivity index is 1.66. The third kappa shape index (κ3) is 3.38. The summed E-state index contributed by atoms with van der Waals surface area (Å²) in [5.74, 6) is 0.971. The zero-order valence-corrected chi connectivity index (χ0v) is 11.0. The summed E-state index contributed by atoms with van der Waals surface area (Å²) >= 11 is 4.49. The van der Waals surface area contributed by atoms with Crippen molar-refractivity contribution in [3.63, 3.8) is 0 Å². The third-order valence-electron chi connectivity index (χ3n) is 3.99. The Morgan fingerprint density at radius 1 is 1.19 bits per heavy atom. The third-order valence-corrected chi connectivity index (χ3v) is 4.66. The molecule has 2 nitrogen and oxygen atoms in total. The predicted molar refractivity (Wildman–Crippen MR) is 69.2 cm³/mol. The van der Waals surface area contributed by atoms with Gasteiger partial charge in [-0.25, -0.2) is 0 Å². The molecule has 16 heavy (non-hydrogen) atoms. The Morgan fingerprint density at radius 2 is 2.00 bits per heavy atom. The van der Waals surface area contributed by atoms with Gasteiger partial charge in [0.1, 0.15) is 0 Å². The first-order valence-electron chi connectivity index (χ1n) is 6.65. The number of rotatable bonds is 5. The minimum atomic E-state index is 0.354. The van der Waals surface area contributed by atoms with E-state index in [0.717, 1.165) is 25.6 Å². The van der Waals surface area contributed by atoms with Crippen LogP contribution in [0.3, 0.4) is 0 Å². The van der Waals surface area contributed by atoms with Gasteiger partial charge < -0.3 is 9.47 Å². The van der Waals surface area contributed by atoms with Crippen LogP contribution in [-0.4, -0.2) is 31.7 Å². The highest BCUT2D eigenvalue weighted by atomic mass is 32.1. The van der Waals surface area contributed by atoms with Crippen LogP contribution >= 0.6 is 12.6 Å². The molecule has 1 aliphatic carbocycles. The summed E-state index contributed by atoms with van der Waals surface area (Å²) < 4.78 is 11.5. The molecule has 0 aromatic rings. The summed E-state index contributed by atoms with van der Waals surface area (Å²) in [6.07, 6.45) is 9.33. The maximum Gasteiger partial charge on any atom is 0.0808 e. The summed E-state index contributed by atoms with van der Waals surface area (Å²) in [4.78, 5) is 0. The molecule has 1 unspecified atom stereocenters. The molecule has 0 aromatic carbocycles. The van der Waals surface area contributed by atoms with Crippen LogP contribution in [0.5, 0.6) is 0 Å². The van der Waals surface area contributed by atoms with Gasteiger partial charge in [0, 0.05) is 12.0 Å². The molecule has 1 heterocycles. The average molecular weight is 244 g/mol. The molecule has 0 bridgehead atoms. The molecule has 0 amide bonds.